The SMILES string of the molecule is C=C=CC1CC(C)(C)CC=NO1. The summed E-state index contributed by atoms with van der Waals surface area (Å²) in [4.78, 5) is 5.19. The highest BCUT2D eigenvalue weighted by molar-refractivity contribution is 5.57. The van der Waals surface area contributed by atoms with Crippen LogP contribution in [0.2, 0.25) is 0 Å². The van der Waals surface area contributed by atoms with Crippen molar-refractivity contribution in [1.82, 2.24) is 0 Å². The first kappa shape index (κ1) is 9.08. The first-order valence-electron chi connectivity index (χ1n) is 4.18. The molecule has 0 aromatic carbocycles. The van der Waals surface area contributed by atoms with Crippen LogP contribution in [-0.2, 0) is 4.84 Å². The van der Waals surface area contributed by atoms with Crippen molar-refractivity contribution in [3.8, 4) is 0 Å². The molecule has 1 unspecified atom stereocenters. The van der Waals surface area contributed by atoms with E-state index < -0.39 is 0 Å². The molecule has 0 aliphatic carbocycles. The van der Waals surface area contributed by atoms with Crippen LogP contribution in [0.15, 0.2) is 23.5 Å². The van der Waals surface area contributed by atoms with Gasteiger partial charge < -0.3 is 4.84 Å². The number of hydrogen-bond acceptors (Lipinski definition) is 2. The summed E-state index contributed by atoms with van der Waals surface area (Å²) in [5, 5.41) is 3.84. The van der Waals surface area contributed by atoms with Crippen LogP contribution < -0.4 is 0 Å². The minimum atomic E-state index is 0.0382. The van der Waals surface area contributed by atoms with Crippen LogP contribution >= 0.6 is 0 Å². The van der Waals surface area contributed by atoms with E-state index in [0.717, 1.165) is 12.8 Å². The van der Waals surface area contributed by atoms with E-state index >= 15 is 0 Å². The number of oxime groups is 1. The molecule has 0 saturated heterocycles. The predicted molar refractivity (Wildman–Crippen MR) is 50.1 cm³/mol. The van der Waals surface area contributed by atoms with E-state index in [4.69, 9.17) is 4.84 Å². The quantitative estimate of drug-likeness (QED) is 0.547. The van der Waals surface area contributed by atoms with Crippen molar-refractivity contribution in [1.29, 1.82) is 0 Å². The first-order chi connectivity index (χ1) is 5.64. The van der Waals surface area contributed by atoms with Crippen LogP contribution in [-0.4, -0.2) is 12.3 Å². The second-order valence-electron chi connectivity index (χ2n) is 3.88. The van der Waals surface area contributed by atoms with Crippen LogP contribution in [0.3, 0.4) is 0 Å². The van der Waals surface area contributed by atoms with E-state index in [-0.39, 0.29) is 11.5 Å². The van der Waals surface area contributed by atoms with Crippen LogP contribution in [0, 0.1) is 5.41 Å². The summed E-state index contributed by atoms with van der Waals surface area (Å²) in [6.45, 7) is 7.93. The maximum Gasteiger partial charge on any atom is 0.153 e. The molecular weight excluding hydrogens is 150 g/mol. The molecule has 1 heterocycles. The molecule has 2 nitrogen and oxygen atoms in total. The largest absolute Gasteiger partial charge is 0.388 e. The summed E-state index contributed by atoms with van der Waals surface area (Å²) in [5.74, 6) is 0. The average Bonchev–Trinajstić information content (AvgIpc) is 2.11. The fraction of sp³-hybridized carbons (Fsp3) is 0.600. The summed E-state index contributed by atoms with van der Waals surface area (Å²) in [6.07, 6.45) is 5.63. The van der Waals surface area contributed by atoms with Crippen molar-refractivity contribution in [3.05, 3.63) is 18.4 Å². The Bertz CT molecular complexity index is 224. The van der Waals surface area contributed by atoms with Gasteiger partial charge in [0, 0.05) is 12.3 Å². The van der Waals surface area contributed by atoms with E-state index in [1.54, 1.807) is 0 Å². The topological polar surface area (TPSA) is 21.6 Å². The second-order valence-corrected chi connectivity index (χ2v) is 3.88. The molecule has 0 saturated carbocycles. The van der Waals surface area contributed by atoms with Crippen LogP contribution in [0.5, 0.6) is 0 Å². The third-order valence-electron chi connectivity index (χ3n) is 1.97. The van der Waals surface area contributed by atoms with Gasteiger partial charge in [-0.05, 0) is 18.3 Å². The third kappa shape index (κ3) is 2.55. The third-order valence-corrected chi connectivity index (χ3v) is 1.97. The van der Waals surface area contributed by atoms with Gasteiger partial charge in [0.2, 0.25) is 0 Å². The van der Waals surface area contributed by atoms with Crippen LogP contribution in [0.25, 0.3) is 0 Å². The van der Waals surface area contributed by atoms with E-state index in [1.165, 1.54) is 0 Å². The zero-order valence-electron chi connectivity index (χ0n) is 7.71. The summed E-state index contributed by atoms with van der Waals surface area (Å²) in [6, 6.07) is 0. The van der Waals surface area contributed by atoms with Crippen molar-refractivity contribution >= 4 is 6.21 Å². The second kappa shape index (κ2) is 3.59. The highest BCUT2D eigenvalue weighted by Gasteiger charge is 2.24. The summed E-state index contributed by atoms with van der Waals surface area (Å²) in [5.41, 5.74) is 2.99. The highest BCUT2D eigenvalue weighted by Crippen LogP contribution is 2.29. The van der Waals surface area contributed by atoms with Gasteiger partial charge in [-0.25, -0.2) is 0 Å². The maximum atomic E-state index is 5.19. The molecule has 12 heavy (non-hydrogen) atoms. The molecule has 0 bridgehead atoms. The molecule has 1 atom stereocenters. The smallest absolute Gasteiger partial charge is 0.153 e. The molecule has 0 aromatic heterocycles. The lowest BCUT2D eigenvalue weighted by atomic mass is 9.84. The normalized spacial score (nSPS) is 26.7. The van der Waals surface area contributed by atoms with E-state index in [1.807, 2.05) is 12.3 Å². The first-order valence-corrected chi connectivity index (χ1v) is 4.18. The van der Waals surface area contributed by atoms with Gasteiger partial charge >= 0.3 is 0 Å². The van der Waals surface area contributed by atoms with Gasteiger partial charge in [-0.1, -0.05) is 25.6 Å². The molecule has 0 spiro atoms. The Labute approximate surface area is 73.6 Å². The van der Waals surface area contributed by atoms with E-state index in [2.05, 4.69) is 31.3 Å². The summed E-state index contributed by atoms with van der Waals surface area (Å²) in [7, 11) is 0. The molecule has 0 amide bonds. The van der Waals surface area contributed by atoms with Gasteiger partial charge in [-0.3, -0.25) is 0 Å². The molecule has 0 radical (unpaired) electrons. The molecule has 0 N–H and O–H groups in total. The highest BCUT2D eigenvalue weighted by atomic mass is 16.6. The number of rotatable bonds is 1. The zero-order chi connectivity index (χ0) is 9.03. The van der Waals surface area contributed by atoms with Gasteiger partial charge in [0.05, 0.1) is 0 Å². The molecule has 0 fully saturated rings. The van der Waals surface area contributed by atoms with Gasteiger partial charge in [-0.15, -0.1) is 5.73 Å². The molecule has 1 rings (SSSR count). The average molecular weight is 165 g/mol. The Balaban J connectivity index is 2.67. The van der Waals surface area contributed by atoms with Crippen molar-refractivity contribution in [2.45, 2.75) is 32.8 Å². The Hall–Kier alpha value is -1.01. The number of hydrogen-bond donors (Lipinski definition) is 0. The molecule has 1 aliphatic heterocycles. The number of nitrogens with zero attached hydrogens (tertiary/aromatic N) is 1. The van der Waals surface area contributed by atoms with E-state index in [0.29, 0.717) is 0 Å². The standard InChI is InChI=1S/C10H15NO/c1-4-5-9-8-10(2,3)6-7-11-12-9/h5,7,9H,1,6,8H2,2-3H3. The van der Waals surface area contributed by atoms with E-state index in [9.17, 15) is 0 Å². The van der Waals surface area contributed by atoms with Gasteiger partial charge in [0.1, 0.15) is 0 Å². The summed E-state index contributed by atoms with van der Waals surface area (Å²) < 4.78 is 0. The van der Waals surface area contributed by atoms with Crippen molar-refractivity contribution in [2.75, 3.05) is 0 Å². The molecule has 0 aromatic rings. The lowest BCUT2D eigenvalue weighted by Gasteiger charge is -2.22. The minimum absolute atomic E-state index is 0.0382. The Morgan fingerprint density at radius 3 is 3.17 bits per heavy atom. The van der Waals surface area contributed by atoms with Crippen molar-refractivity contribution < 1.29 is 4.84 Å². The Kier molecular flexibility index (Phi) is 2.72. The predicted octanol–water partition coefficient (Wildman–Crippen LogP) is 2.52. The van der Waals surface area contributed by atoms with Gasteiger partial charge in [0.25, 0.3) is 0 Å². The van der Waals surface area contributed by atoms with Gasteiger partial charge in [0.15, 0.2) is 6.10 Å². The fourth-order valence-electron chi connectivity index (χ4n) is 1.29. The molecule has 1 aliphatic rings. The monoisotopic (exact) mass is 165 g/mol. The zero-order valence-corrected chi connectivity index (χ0v) is 7.71. The Morgan fingerprint density at radius 1 is 1.75 bits per heavy atom. The van der Waals surface area contributed by atoms with Crippen LogP contribution in [0.4, 0.5) is 0 Å². The van der Waals surface area contributed by atoms with Crippen molar-refractivity contribution in [3.63, 3.8) is 0 Å². The molecule has 2 heteroatoms. The van der Waals surface area contributed by atoms with Crippen LogP contribution in [0.1, 0.15) is 26.7 Å². The lowest BCUT2D eigenvalue weighted by molar-refractivity contribution is 0.0709. The van der Waals surface area contributed by atoms with Crippen molar-refractivity contribution in [2.24, 2.45) is 10.6 Å². The lowest BCUT2D eigenvalue weighted by Crippen LogP contribution is -2.18. The molecule has 66 valence electrons. The fourth-order valence-corrected chi connectivity index (χ4v) is 1.29. The maximum absolute atomic E-state index is 5.19. The summed E-state index contributed by atoms with van der Waals surface area (Å²) >= 11 is 0. The molecular formula is C10H15NO. The minimum Gasteiger partial charge on any atom is -0.388 e. The Morgan fingerprint density at radius 2 is 2.50 bits per heavy atom. The van der Waals surface area contributed by atoms with Gasteiger partial charge in [-0.2, -0.15) is 0 Å².